The van der Waals surface area contributed by atoms with Crippen LogP contribution in [0.4, 0.5) is 0 Å². The number of hydrogen-bond donors (Lipinski definition) is 1. The molecule has 1 N–H and O–H groups in total. The molecule has 1 aliphatic rings. The molecule has 0 radical (unpaired) electrons. The standard InChI is InChI=1S/C19H23N3O3/c1-3-13(2)20-17(23)12-25-19(24)18-15-10-7-11-16(15)22(21-18)14-8-5-4-6-9-14/h4-6,8-9,13H,3,7,10-12H2,1-2H3,(H,20,23)/t13-/m0/s1. The van der Waals surface area contributed by atoms with E-state index in [1.165, 1.54) is 0 Å². The van der Waals surface area contributed by atoms with Gasteiger partial charge in [0.2, 0.25) is 0 Å². The molecule has 0 aliphatic heterocycles. The lowest BCUT2D eigenvalue weighted by atomic mass is 10.2. The summed E-state index contributed by atoms with van der Waals surface area (Å²) in [6.07, 6.45) is 3.52. The Bertz CT molecular complexity index is 768. The first kappa shape index (κ1) is 17.2. The normalized spacial score (nSPS) is 14.0. The average Bonchev–Trinajstić information content (AvgIpc) is 3.22. The second kappa shape index (κ2) is 7.51. The predicted octanol–water partition coefficient (Wildman–Crippen LogP) is 2.43. The third kappa shape index (κ3) is 3.73. The number of amides is 1. The fraction of sp³-hybridized carbons (Fsp3) is 0.421. The van der Waals surface area contributed by atoms with Gasteiger partial charge in [-0.15, -0.1) is 0 Å². The zero-order valence-electron chi connectivity index (χ0n) is 14.6. The van der Waals surface area contributed by atoms with E-state index in [1.54, 1.807) is 0 Å². The molecule has 2 aromatic rings. The molecule has 3 rings (SSSR count). The van der Waals surface area contributed by atoms with E-state index >= 15 is 0 Å². The molecule has 0 bridgehead atoms. The molecule has 1 aromatic heterocycles. The minimum atomic E-state index is -0.535. The Morgan fingerprint density at radius 1 is 1.28 bits per heavy atom. The average molecular weight is 341 g/mol. The number of ether oxygens (including phenoxy) is 1. The summed E-state index contributed by atoms with van der Waals surface area (Å²) in [5, 5.41) is 7.25. The zero-order valence-corrected chi connectivity index (χ0v) is 14.6. The second-order valence-corrected chi connectivity index (χ2v) is 6.33. The largest absolute Gasteiger partial charge is 0.451 e. The first-order valence-electron chi connectivity index (χ1n) is 8.72. The number of nitrogens with zero attached hydrogens (tertiary/aromatic N) is 2. The highest BCUT2D eigenvalue weighted by atomic mass is 16.5. The van der Waals surface area contributed by atoms with Crippen molar-refractivity contribution in [1.29, 1.82) is 0 Å². The lowest BCUT2D eigenvalue weighted by Gasteiger charge is -2.11. The number of nitrogens with one attached hydrogen (secondary N) is 1. The summed E-state index contributed by atoms with van der Waals surface area (Å²) >= 11 is 0. The topological polar surface area (TPSA) is 73.2 Å². The molecule has 0 fully saturated rings. The van der Waals surface area contributed by atoms with Crippen molar-refractivity contribution in [3.8, 4) is 5.69 Å². The van der Waals surface area contributed by atoms with Crippen LogP contribution in [0.5, 0.6) is 0 Å². The SMILES string of the molecule is CC[C@H](C)NC(=O)COC(=O)c1nn(-c2ccccc2)c2c1CCC2. The molecule has 0 spiro atoms. The van der Waals surface area contributed by atoms with Crippen molar-refractivity contribution in [3.63, 3.8) is 0 Å². The predicted molar refractivity (Wildman–Crippen MR) is 93.8 cm³/mol. The van der Waals surface area contributed by atoms with Crippen molar-refractivity contribution >= 4 is 11.9 Å². The number of carbonyl (C=O) groups excluding carboxylic acids is 2. The van der Waals surface area contributed by atoms with Crippen LogP contribution in [-0.2, 0) is 22.4 Å². The number of carbonyl (C=O) groups is 2. The summed E-state index contributed by atoms with van der Waals surface area (Å²) in [5.74, 6) is -0.825. The van der Waals surface area contributed by atoms with Crippen LogP contribution in [-0.4, -0.2) is 34.3 Å². The van der Waals surface area contributed by atoms with E-state index < -0.39 is 5.97 Å². The molecular formula is C19H23N3O3. The summed E-state index contributed by atoms with van der Waals surface area (Å²) in [5.41, 5.74) is 3.25. The maximum absolute atomic E-state index is 12.4. The van der Waals surface area contributed by atoms with E-state index in [0.717, 1.165) is 42.6 Å². The van der Waals surface area contributed by atoms with Gasteiger partial charge in [-0.2, -0.15) is 5.10 Å². The number of aromatic nitrogens is 2. The number of rotatable bonds is 6. The van der Waals surface area contributed by atoms with E-state index in [-0.39, 0.29) is 18.6 Å². The number of benzene rings is 1. The van der Waals surface area contributed by atoms with Crippen LogP contribution in [0.25, 0.3) is 5.69 Å². The van der Waals surface area contributed by atoms with Gasteiger partial charge in [-0.3, -0.25) is 4.79 Å². The Kier molecular flexibility index (Phi) is 5.16. The highest BCUT2D eigenvalue weighted by Crippen LogP contribution is 2.28. The first-order valence-corrected chi connectivity index (χ1v) is 8.72. The molecule has 1 aromatic carbocycles. The minimum Gasteiger partial charge on any atom is -0.451 e. The van der Waals surface area contributed by atoms with Crippen LogP contribution >= 0.6 is 0 Å². The number of fused-ring (bicyclic) bond motifs is 1. The van der Waals surface area contributed by atoms with Crippen molar-refractivity contribution in [2.24, 2.45) is 0 Å². The lowest BCUT2D eigenvalue weighted by molar-refractivity contribution is -0.124. The lowest BCUT2D eigenvalue weighted by Crippen LogP contribution is -2.35. The van der Waals surface area contributed by atoms with Crippen LogP contribution in [0.15, 0.2) is 30.3 Å². The summed E-state index contributed by atoms with van der Waals surface area (Å²) in [6.45, 7) is 3.61. The summed E-state index contributed by atoms with van der Waals surface area (Å²) in [6, 6.07) is 9.80. The second-order valence-electron chi connectivity index (χ2n) is 6.33. The van der Waals surface area contributed by atoms with Crippen molar-refractivity contribution in [2.45, 2.75) is 45.6 Å². The zero-order chi connectivity index (χ0) is 17.8. The van der Waals surface area contributed by atoms with E-state index in [1.807, 2.05) is 48.9 Å². The molecule has 1 amide bonds. The van der Waals surface area contributed by atoms with Gasteiger partial charge in [0.25, 0.3) is 5.91 Å². The molecule has 1 atom stereocenters. The van der Waals surface area contributed by atoms with Crippen molar-refractivity contribution < 1.29 is 14.3 Å². The molecule has 25 heavy (non-hydrogen) atoms. The Labute approximate surface area is 147 Å². The van der Waals surface area contributed by atoms with Crippen molar-refractivity contribution in [1.82, 2.24) is 15.1 Å². The molecule has 0 unspecified atom stereocenters. The van der Waals surface area contributed by atoms with Gasteiger partial charge >= 0.3 is 5.97 Å². The maximum atomic E-state index is 12.4. The molecule has 6 nitrogen and oxygen atoms in total. The summed E-state index contributed by atoms with van der Waals surface area (Å²) in [4.78, 5) is 24.2. The number of esters is 1. The molecule has 6 heteroatoms. The van der Waals surface area contributed by atoms with Crippen molar-refractivity contribution in [3.05, 3.63) is 47.3 Å². The summed E-state index contributed by atoms with van der Waals surface area (Å²) in [7, 11) is 0. The smallest absolute Gasteiger partial charge is 0.359 e. The van der Waals surface area contributed by atoms with Gasteiger partial charge in [0.15, 0.2) is 12.3 Å². The molecule has 0 saturated carbocycles. The van der Waals surface area contributed by atoms with Crippen LogP contribution in [0.2, 0.25) is 0 Å². The van der Waals surface area contributed by atoms with Crippen LogP contribution in [0.3, 0.4) is 0 Å². The third-order valence-corrected chi connectivity index (χ3v) is 4.48. The van der Waals surface area contributed by atoms with E-state index in [9.17, 15) is 9.59 Å². The van der Waals surface area contributed by atoms with Crippen LogP contribution in [0, 0.1) is 0 Å². The van der Waals surface area contributed by atoms with Gasteiger partial charge in [-0.1, -0.05) is 25.1 Å². The van der Waals surface area contributed by atoms with E-state index in [0.29, 0.717) is 5.69 Å². The fourth-order valence-corrected chi connectivity index (χ4v) is 3.00. The number of hydrogen-bond acceptors (Lipinski definition) is 4. The highest BCUT2D eigenvalue weighted by Gasteiger charge is 2.28. The van der Waals surface area contributed by atoms with Gasteiger partial charge in [0, 0.05) is 17.3 Å². The fourth-order valence-electron chi connectivity index (χ4n) is 3.00. The Hall–Kier alpha value is -2.63. The number of para-hydroxylation sites is 1. The Morgan fingerprint density at radius 3 is 2.76 bits per heavy atom. The minimum absolute atomic E-state index is 0.0627. The third-order valence-electron chi connectivity index (χ3n) is 4.48. The van der Waals surface area contributed by atoms with Gasteiger partial charge in [-0.05, 0) is 44.7 Å². The quantitative estimate of drug-likeness (QED) is 0.819. The van der Waals surface area contributed by atoms with E-state index in [2.05, 4.69) is 10.4 Å². The van der Waals surface area contributed by atoms with Gasteiger partial charge in [0.1, 0.15) is 0 Å². The Balaban J connectivity index is 1.75. The van der Waals surface area contributed by atoms with Crippen molar-refractivity contribution in [2.75, 3.05) is 6.61 Å². The van der Waals surface area contributed by atoms with E-state index in [4.69, 9.17) is 4.74 Å². The maximum Gasteiger partial charge on any atom is 0.359 e. The molecule has 0 saturated heterocycles. The first-order chi connectivity index (χ1) is 12.1. The highest BCUT2D eigenvalue weighted by molar-refractivity contribution is 5.91. The van der Waals surface area contributed by atoms with Gasteiger partial charge in [-0.25, -0.2) is 9.48 Å². The van der Waals surface area contributed by atoms with Gasteiger partial charge in [0.05, 0.1) is 5.69 Å². The van der Waals surface area contributed by atoms with Crippen LogP contribution in [0.1, 0.15) is 48.4 Å². The molecule has 1 heterocycles. The summed E-state index contributed by atoms with van der Waals surface area (Å²) < 4.78 is 7.00. The molecular weight excluding hydrogens is 318 g/mol. The molecule has 132 valence electrons. The van der Waals surface area contributed by atoms with Gasteiger partial charge < -0.3 is 10.1 Å². The van der Waals surface area contributed by atoms with Crippen LogP contribution < -0.4 is 5.32 Å². The Morgan fingerprint density at radius 2 is 2.04 bits per heavy atom. The monoisotopic (exact) mass is 341 g/mol. The molecule has 1 aliphatic carbocycles.